The van der Waals surface area contributed by atoms with Crippen molar-refractivity contribution in [2.75, 3.05) is 25.5 Å². The number of aromatic nitrogens is 1. The predicted molar refractivity (Wildman–Crippen MR) is 99.3 cm³/mol. The molecule has 2 unspecified atom stereocenters. The van der Waals surface area contributed by atoms with Gasteiger partial charge in [-0.3, -0.25) is 4.79 Å². The number of hydrogen-bond donors (Lipinski definition) is 1. The Labute approximate surface area is 157 Å². The first-order chi connectivity index (χ1) is 12.4. The molecule has 1 aromatic heterocycles. The summed E-state index contributed by atoms with van der Waals surface area (Å²) in [5, 5.41) is 2.72. The zero-order valence-electron chi connectivity index (χ0n) is 14.7. The van der Waals surface area contributed by atoms with Gasteiger partial charge in [-0.2, -0.15) is 4.98 Å². The van der Waals surface area contributed by atoms with Crippen LogP contribution in [0.3, 0.4) is 0 Å². The van der Waals surface area contributed by atoms with E-state index in [0.29, 0.717) is 17.6 Å². The van der Waals surface area contributed by atoms with Gasteiger partial charge >= 0.3 is 0 Å². The van der Waals surface area contributed by atoms with Gasteiger partial charge in [0.05, 0.1) is 10.6 Å². The lowest BCUT2D eigenvalue weighted by Gasteiger charge is -2.34. The van der Waals surface area contributed by atoms with Crippen LogP contribution in [-0.4, -0.2) is 42.0 Å². The van der Waals surface area contributed by atoms with Gasteiger partial charge in [-0.15, -0.1) is 0 Å². The van der Waals surface area contributed by atoms with Gasteiger partial charge in [-0.25, -0.2) is 4.39 Å². The molecule has 1 amide bonds. The number of nitrogens with one attached hydrogen (secondary N) is 1. The standard InChI is InChI=1S/C19H21ClFN3O2/c1-12-11-24(2)9-8-16(12)26-18-5-3-4-17(22-18)23-19(25)14-7-6-13(21)10-15(14)20/h3-7,10,12,16H,8-9,11H2,1-2H3,(H,22,23,25). The Morgan fingerprint density at radius 1 is 1.38 bits per heavy atom. The van der Waals surface area contributed by atoms with Crippen LogP contribution in [0.25, 0.3) is 0 Å². The van der Waals surface area contributed by atoms with Gasteiger partial charge in [0, 0.05) is 25.1 Å². The highest BCUT2D eigenvalue weighted by Gasteiger charge is 2.26. The van der Waals surface area contributed by atoms with E-state index in [4.69, 9.17) is 16.3 Å². The van der Waals surface area contributed by atoms with Gasteiger partial charge in [0.25, 0.3) is 5.91 Å². The Balaban J connectivity index is 1.68. The van der Waals surface area contributed by atoms with Crippen LogP contribution in [0.15, 0.2) is 36.4 Å². The van der Waals surface area contributed by atoms with Crippen molar-refractivity contribution in [1.82, 2.24) is 9.88 Å². The maximum absolute atomic E-state index is 13.1. The smallest absolute Gasteiger partial charge is 0.258 e. The molecule has 1 aliphatic rings. The molecule has 1 N–H and O–H groups in total. The number of rotatable bonds is 4. The van der Waals surface area contributed by atoms with Gasteiger partial charge < -0.3 is 15.0 Å². The maximum Gasteiger partial charge on any atom is 0.258 e. The number of piperidine rings is 1. The number of anilines is 1. The Hall–Kier alpha value is -2.18. The Kier molecular flexibility index (Phi) is 5.74. The van der Waals surface area contributed by atoms with Crippen LogP contribution in [0.1, 0.15) is 23.7 Å². The molecular weight excluding hydrogens is 357 g/mol. The summed E-state index contributed by atoms with van der Waals surface area (Å²) in [5.74, 6) is 0.273. The fraction of sp³-hybridized carbons (Fsp3) is 0.368. The Bertz CT molecular complexity index is 802. The number of carbonyl (C=O) groups is 1. The van der Waals surface area contributed by atoms with Crippen LogP contribution in [0, 0.1) is 11.7 Å². The molecule has 1 fully saturated rings. The molecule has 0 spiro atoms. The summed E-state index contributed by atoms with van der Waals surface area (Å²) >= 11 is 5.93. The summed E-state index contributed by atoms with van der Waals surface area (Å²) in [7, 11) is 2.10. The third-order valence-electron chi connectivity index (χ3n) is 4.44. The minimum atomic E-state index is -0.493. The molecule has 1 saturated heterocycles. The molecule has 2 aromatic rings. The van der Waals surface area contributed by atoms with E-state index in [-0.39, 0.29) is 16.7 Å². The van der Waals surface area contributed by atoms with Gasteiger partial charge in [0.15, 0.2) is 0 Å². The number of hydrogen-bond acceptors (Lipinski definition) is 4. The summed E-state index contributed by atoms with van der Waals surface area (Å²) in [4.78, 5) is 19.0. The third-order valence-corrected chi connectivity index (χ3v) is 4.76. The zero-order chi connectivity index (χ0) is 18.7. The number of benzene rings is 1. The number of pyridine rings is 1. The summed E-state index contributed by atoms with van der Waals surface area (Å²) < 4.78 is 19.1. The molecule has 0 aliphatic carbocycles. The molecule has 7 heteroatoms. The fourth-order valence-electron chi connectivity index (χ4n) is 3.07. The summed E-state index contributed by atoms with van der Waals surface area (Å²) in [6.45, 7) is 4.11. The highest BCUT2D eigenvalue weighted by molar-refractivity contribution is 6.34. The van der Waals surface area contributed by atoms with Crippen molar-refractivity contribution >= 4 is 23.3 Å². The van der Waals surface area contributed by atoms with Gasteiger partial charge in [0.1, 0.15) is 17.7 Å². The number of carbonyl (C=O) groups excluding carboxylic acids is 1. The number of likely N-dealkylation sites (tertiary alicyclic amines) is 1. The van der Waals surface area contributed by atoms with Crippen LogP contribution >= 0.6 is 11.6 Å². The monoisotopic (exact) mass is 377 g/mol. The predicted octanol–water partition coefficient (Wildman–Crippen LogP) is 3.85. The van der Waals surface area contributed by atoms with Crippen molar-refractivity contribution in [3.05, 3.63) is 52.8 Å². The second-order valence-electron chi connectivity index (χ2n) is 6.62. The number of nitrogens with zero attached hydrogens (tertiary/aromatic N) is 2. The average molecular weight is 378 g/mol. The molecule has 0 saturated carbocycles. The lowest BCUT2D eigenvalue weighted by molar-refractivity contribution is 0.0606. The van der Waals surface area contributed by atoms with Crippen molar-refractivity contribution in [2.45, 2.75) is 19.4 Å². The van der Waals surface area contributed by atoms with Crippen molar-refractivity contribution < 1.29 is 13.9 Å². The van der Waals surface area contributed by atoms with Gasteiger partial charge in [-0.1, -0.05) is 24.6 Å². The minimum absolute atomic E-state index is 0.0510. The Morgan fingerprint density at radius 3 is 2.92 bits per heavy atom. The van der Waals surface area contributed by atoms with Crippen LogP contribution in [0.5, 0.6) is 5.88 Å². The number of ether oxygens (including phenoxy) is 1. The molecule has 2 atom stereocenters. The van der Waals surface area contributed by atoms with Crippen LogP contribution in [0.4, 0.5) is 10.2 Å². The van der Waals surface area contributed by atoms with E-state index in [9.17, 15) is 9.18 Å². The highest BCUT2D eigenvalue weighted by atomic mass is 35.5. The molecule has 26 heavy (non-hydrogen) atoms. The lowest BCUT2D eigenvalue weighted by Crippen LogP contribution is -2.42. The molecule has 2 heterocycles. The van der Waals surface area contributed by atoms with E-state index < -0.39 is 11.7 Å². The van der Waals surface area contributed by atoms with Crippen molar-refractivity contribution in [2.24, 2.45) is 5.92 Å². The lowest BCUT2D eigenvalue weighted by atomic mass is 9.97. The highest BCUT2D eigenvalue weighted by Crippen LogP contribution is 2.23. The van der Waals surface area contributed by atoms with Crippen molar-refractivity contribution in [1.29, 1.82) is 0 Å². The van der Waals surface area contributed by atoms with Crippen molar-refractivity contribution in [3.63, 3.8) is 0 Å². The van der Waals surface area contributed by atoms with E-state index in [0.717, 1.165) is 25.6 Å². The summed E-state index contributed by atoms with van der Waals surface area (Å²) in [6.07, 6.45) is 1.03. The SMILES string of the molecule is CC1CN(C)CCC1Oc1cccc(NC(=O)c2ccc(F)cc2Cl)n1. The molecule has 5 nitrogen and oxygen atoms in total. The first kappa shape index (κ1) is 18.6. The third kappa shape index (κ3) is 4.51. The van der Waals surface area contributed by atoms with E-state index in [1.54, 1.807) is 18.2 Å². The summed E-state index contributed by atoms with van der Waals surface area (Å²) in [6, 6.07) is 8.84. The largest absolute Gasteiger partial charge is 0.474 e. The molecular formula is C19H21ClFN3O2. The molecule has 138 valence electrons. The average Bonchev–Trinajstić information content (AvgIpc) is 2.57. The molecule has 1 aromatic carbocycles. The topological polar surface area (TPSA) is 54.5 Å². The second-order valence-corrected chi connectivity index (χ2v) is 7.03. The van der Waals surface area contributed by atoms with E-state index in [1.807, 2.05) is 0 Å². The first-order valence-corrected chi connectivity index (χ1v) is 8.89. The molecule has 3 rings (SSSR count). The molecule has 1 aliphatic heterocycles. The minimum Gasteiger partial charge on any atom is -0.474 e. The van der Waals surface area contributed by atoms with Gasteiger partial charge in [0.2, 0.25) is 5.88 Å². The fourth-order valence-corrected chi connectivity index (χ4v) is 3.32. The number of amides is 1. The van der Waals surface area contributed by atoms with Crippen LogP contribution in [0.2, 0.25) is 5.02 Å². The van der Waals surface area contributed by atoms with E-state index in [2.05, 4.69) is 29.2 Å². The second kappa shape index (κ2) is 8.01. The normalized spacial score (nSPS) is 20.6. The first-order valence-electron chi connectivity index (χ1n) is 8.51. The molecule has 0 radical (unpaired) electrons. The Morgan fingerprint density at radius 2 is 2.19 bits per heavy atom. The zero-order valence-corrected chi connectivity index (χ0v) is 15.5. The van der Waals surface area contributed by atoms with E-state index >= 15 is 0 Å². The van der Waals surface area contributed by atoms with Crippen molar-refractivity contribution in [3.8, 4) is 5.88 Å². The van der Waals surface area contributed by atoms with Gasteiger partial charge in [-0.05, 0) is 37.7 Å². The quantitative estimate of drug-likeness (QED) is 0.879. The number of halogens is 2. The van der Waals surface area contributed by atoms with Crippen LogP contribution in [-0.2, 0) is 0 Å². The summed E-state index contributed by atoms with van der Waals surface area (Å²) in [5.41, 5.74) is 0.185. The molecule has 0 bridgehead atoms. The van der Waals surface area contributed by atoms with Crippen LogP contribution < -0.4 is 10.1 Å². The van der Waals surface area contributed by atoms with E-state index in [1.165, 1.54) is 12.1 Å². The maximum atomic E-state index is 13.1.